The Morgan fingerprint density at radius 3 is 2.48 bits per heavy atom. The lowest BCUT2D eigenvalue weighted by Crippen LogP contribution is -2.44. The lowest BCUT2D eigenvalue weighted by atomic mass is 10.2. The van der Waals surface area contributed by atoms with Crippen LogP contribution in [0.1, 0.15) is 25.7 Å². The summed E-state index contributed by atoms with van der Waals surface area (Å²) >= 11 is 0. The summed E-state index contributed by atoms with van der Waals surface area (Å²) in [6, 6.07) is 7.12. The fourth-order valence-corrected chi connectivity index (χ4v) is 3.82. The molecule has 4 nitrogen and oxygen atoms in total. The second kappa shape index (κ2) is 8.08. The zero-order valence-electron chi connectivity index (χ0n) is 13.7. The quantitative estimate of drug-likeness (QED) is 0.834. The van der Waals surface area contributed by atoms with Crippen molar-refractivity contribution in [2.24, 2.45) is 0 Å². The highest BCUT2D eigenvalue weighted by molar-refractivity contribution is 5.21. The van der Waals surface area contributed by atoms with Crippen molar-refractivity contribution in [3.05, 3.63) is 30.1 Å². The van der Waals surface area contributed by atoms with Gasteiger partial charge in [0.2, 0.25) is 0 Å². The van der Waals surface area contributed by atoms with Gasteiger partial charge in [-0.15, -0.1) is 0 Å². The van der Waals surface area contributed by atoms with Crippen molar-refractivity contribution in [2.75, 3.05) is 39.4 Å². The number of ether oxygens (including phenoxy) is 1. The molecule has 1 aromatic rings. The maximum atomic E-state index is 12.9. The van der Waals surface area contributed by atoms with Gasteiger partial charge in [-0.2, -0.15) is 0 Å². The van der Waals surface area contributed by atoms with Crippen LogP contribution in [0.5, 0.6) is 5.75 Å². The molecule has 2 fully saturated rings. The molecule has 2 aliphatic rings. The van der Waals surface area contributed by atoms with Gasteiger partial charge in [0.25, 0.3) is 0 Å². The summed E-state index contributed by atoms with van der Waals surface area (Å²) < 4.78 is 18.6. The molecule has 23 heavy (non-hydrogen) atoms. The summed E-state index contributed by atoms with van der Waals surface area (Å²) in [6.07, 6.45) is 4.78. The molecule has 2 aliphatic heterocycles. The van der Waals surface area contributed by atoms with E-state index in [0.717, 1.165) is 38.3 Å². The Morgan fingerprint density at radius 1 is 1.04 bits per heavy atom. The van der Waals surface area contributed by atoms with E-state index >= 15 is 0 Å². The Morgan fingerprint density at radius 2 is 1.74 bits per heavy atom. The number of nitrogens with zero attached hydrogens (tertiary/aromatic N) is 2. The van der Waals surface area contributed by atoms with Gasteiger partial charge in [-0.05, 0) is 63.0 Å². The van der Waals surface area contributed by atoms with Crippen molar-refractivity contribution < 1.29 is 14.2 Å². The Kier molecular flexibility index (Phi) is 5.86. The highest BCUT2D eigenvalue weighted by Gasteiger charge is 2.30. The minimum Gasteiger partial charge on any atom is -0.492 e. The molecule has 0 saturated carbocycles. The third-order valence-electron chi connectivity index (χ3n) is 5.12. The summed E-state index contributed by atoms with van der Waals surface area (Å²) in [5, 5.41) is 9.46. The maximum absolute atomic E-state index is 12.9. The van der Waals surface area contributed by atoms with Gasteiger partial charge in [-0.25, -0.2) is 4.39 Å². The van der Waals surface area contributed by atoms with Gasteiger partial charge >= 0.3 is 0 Å². The van der Waals surface area contributed by atoms with E-state index in [1.54, 1.807) is 12.1 Å². The summed E-state index contributed by atoms with van der Waals surface area (Å²) in [5.41, 5.74) is 0. The van der Waals surface area contributed by atoms with Gasteiger partial charge < -0.3 is 9.84 Å². The standard InChI is InChI=1S/C18H27FN2O2/c19-15-5-7-18(8-6-15)23-12-11-20-9-1-3-16(20)13-21-10-2-4-17(21)14-22/h5-8,16-17,22H,1-4,9-14H2/t16-,17-/m0/s1. The smallest absolute Gasteiger partial charge is 0.123 e. The van der Waals surface area contributed by atoms with E-state index in [4.69, 9.17) is 4.74 Å². The molecule has 0 spiro atoms. The van der Waals surface area contributed by atoms with Gasteiger partial charge in [0, 0.05) is 25.2 Å². The van der Waals surface area contributed by atoms with Crippen molar-refractivity contribution >= 4 is 0 Å². The van der Waals surface area contributed by atoms with Crippen LogP contribution in [0.4, 0.5) is 4.39 Å². The van der Waals surface area contributed by atoms with Crippen LogP contribution in [0.2, 0.25) is 0 Å². The molecule has 0 aliphatic carbocycles. The highest BCUT2D eigenvalue weighted by Crippen LogP contribution is 2.23. The Balaban J connectivity index is 1.44. The number of benzene rings is 1. The first-order valence-corrected chi connectivity index (χ1v) is 8.73. The van der Waals surface area contributed by atoms with Gasteiger partial charge in [-0.1, -0.05) is 0 Å². The molecule has 2 heterocycles. The molecule has 1 N–H and O–H groups in total. The number of hydrogen-bond donors (Lipinski definition) is 1. The predicted octanol–water partition coefficient (Wildman–Crippen LogP) is 2.13. The van der Waals surface area contributed by atoms with Crippen molar-refractivity contribution in [3.63, 3.8) is 0 Å². The number of likely N-dealkylation sites (tertiary alicyclic amines) is 2. The minimum atomic E-state index is -0.235. The summed E-state index contributed by atoms with van der Waals surface area (Å²) in [7, 11) is 0. The Labute approximate surface area is 137 Å². The van der Waals surface area contributed by atoms with Crippen LogP contribution >= 0.6 is 0 Å². The van der Waals surface area contributed by atoms with E-state index in [2.05, 4.69) is 9.80 Å². The van der Waals surface area contributed by atoms with Crippen LogP contribution in [0.25, 0.3) is 0 Å². The molecule has 1 aromatic carbocycles. The molecule has 128 valence electrons. The number of halogens is 1. The van der Waals surface area contributed by atoms with Gasteiger partial charge in [-0.3, -0.25) is 9.80 Å². The number of aliphatic hydroxyl groups is 1. The predicted molar refractivity (Wildman–Crippen MR) is 88.2 cm³/mol. The summed E-state index contributed by atoms with van der Waals surface area (Å²) in [5.74, 6) is 0.489. The van der Waals surface area contributed by atoms with E-state index in [0.29, 0.717) is 18.7 Å². The first-order chi connectivity index (χ1) is 11.3. The second-order valence-corrected chi connectivity index (χ2v) is 6.61. The first kappa shape index (κ1) is 16.7. The van der Waals surface area contributed by atoms with Crippen LogP contribution in [-0.2, 0) is 0 Å². The van der Waals surface area contributed by atoms with E-state index < -0.39 is 0 Å². The topological polar surface area (TPSA) is 35.9 Å². The van der Waals surface area contributed by atoms with Crippen molar-refractivity contribution in [1.29, 1.82) is 0 Å². The van der Waals surface area contributed by atoms with Gasteiger partial charge in [0.15, 0.2) is 0 Å². The lowest BCUT2D eigenvalue weighted by Gasteiger charge is -2.31. The third kappa shape index (κ3) is 4.43. The van der Waals surface area contributed by atoms with Crippen molar-refractivity contribution in [3.8, 4) is 5.75 Å². The SMILES string of the molecule is OC[C@@H]1CCCN1C[C@@H]1CCCN1CCOc1ccc(F)cc1. The molecule has 5 heteroatoms. The van der Waals surface area contributed by atoms with Crippen molar-refractivity contribution in [2.45, 2.75) is 37.8 Å². The number of hydrogen-bond acceptors (Lipinski definition) is 4. The molecule has 0 bridgehead atoms. The maximum Gasteiger partial charge on any atom is 0.123 e. The van der Waals surface area contributed by atoms with Gasteiger partial charge in [0.1, 0.15) is 18.2 Å². The fraction of sp³-hybridized carbons (Fsp3) is 0.667. The van der Waals surface area contributed by atoms with Crippen LogP contribution < -0.4 is 4.74 Å². The molecule has 0 amide bonds. The average molecular weight is 322 g/mol. The van der Waals surface area contributed by atoms with Crippen LogP contribution in [0.3, 0.4) is 0 Å². The van der Waals surface area contributed by atoms with Crippen molar-refractivity contribution in [1.82, 2.24) is 9.80 Å². The first-order valence-electron chi connectivity index (χ1n) is 8.73. The second-order valence-electron chi connectivity index (χ2n) is 6.61. The molecule has 2 saturated heterocycles. The molecule has 3 rings (SSSR count). The largest absolute Gasteiger partial charge is 0.492 e. The zero-order chi connectivity index (χ0) is 16.1. The number of aliphatic hydroxyl groups excluding tert-OH is 1. The molecule has 0 radical (unpaired) electrons. The fourth-order valence-electron chi connectivity index (χ4n) is 3.82. The zero-order valence-corrected chi connectivity index (χ0v) is 13.7. The highest BCUT2D eigenvalue weighted by atomic mass is 19.1. The Bertz CT molecular complexity index is 482. The lowest BCUT2D eigenvalue weighted by molar-refractivity contribution is 0.115. The van der Waals surface area contributed by atoms with E-state index in [1.807, 2.05) is 0 Å². The van der Waals surface area contributed by atoms with E-state index in [9.17, 15) is 9.50 Å². The van der Waals surface area contributed by atoms with Crippen LogP contribution in [-0.4, -0.2) is 66.4 Å². The van der Waals surface area contributed by atoms with Crippen LogP contribution in [0, 0.1) is 5.82 Å². The monoisotopic (exact) mass is 322 g/mol. The van der Waals surface area contributed by atoms with Gasteiger partial charge in [0.05, 0.1) is 6.61 Å². The Hall–Kier alpha value is -1.17. The summed E-state index contributed by atoms with van der Waals surface area (Å²) in [6.45, 7) is 5.10. The molecular weight excluding hydrogens is 295 g/mol. The molecule has 2 atom stereocenters. The minimum absolute atomic E-state index is 0.235. The number of rotatable bonds is 7. The van der Waals surface area contributed by atoms with E-state index in [-0.39, 0.29) is 12.4 Å². The normalized spacial score (nSPS) is 26.0. The van der Waals surface area contributed by atoms with Crippen LogP contribution in [0.15, 0.2) is 24.3 Å². The average Bonchev–Trinajstić information content (AvgIpc) is 3.19. The molecule has 0 unspecified atom stereocenters. The molecule has 0 aromatic heterocycles. The third-order valence-corrected chi connectivity index (χ3v) is 5.12. The summed E-state index contributed by atoms with van der Waals surface area (Å²) in [4.78, 5) is 4.94. The van der Waals surface area contributed by atoms with E-state index in [1.165, 1.54) is 31.4 Å². The molecular formula is C18H27FN2O2.